The predicted octanol–water partition coefficient (Wildman–Crippen LogP) is 9.98. The molecule has 0 saturated heterocycles. The molecule has 1 unspecified atom stereocenters. The lowest BCUT2D eigenvalue weighted by Crippen LogP contribution is -2.24. The molecule has 0 radical (unpaired) electrons. The second-order valence-electron chi connectivity index (χ2n) is 10.5. The smallest absolute Gasteiger partial charge is 0.145 e. The Morgan fingerprint density at radius 3 is 1.74 bits per heavy atom. The highest BCUT2D eigenvalue weighted by Gasteiger charge is 2.20. The lowest BCUT2D eigenvalue weighted by molar-refractivity contribution is 0.664. The molecule has 5 aromatic carbocycles. The van der Waals surface area contributed by atoms with Gasteiger partial charge in [0.05, 0.1) is 5.71 Å². The molecule has 206 valence electrons. The zero-order chi connectivity index (χ0) is 29.0. The van der Waals surface area contributed by atoms with Gasteiger partial charge in [-0.2, -0.15) is 0 Å². The van der Waals surface area contributed by atoms with Crippen LogP contribution >= 0.6 is 15.9 Å². The average molecular weight is 619 g/mol. The Hall–Kier alpha value is -5.06. The van der Waals surface area contributed by atoms with Gasteiger partial charge in [-0.05, 0) is 74.8 Å². The minimum atomic E-state index is -0.203. The summed E-state index contributed by atoms with van der Waals surface area (Å²) in [5.41, 5.74) is 12.2. The monoisotopic (exact) mass is 617 g/mol. The molecule has 43 heavy (non-hydrogen) atoms. The lowest BCUT2D eigenvalue weighted by atomic mass is 9.96. The minimum absolute atomic E-state index is 0.203. The summed E-state index contributed by atoms with van der Waals surface area (Å²) >= 11 is 3.78. The Morgan fingerprint density at radius 2 is 1.07 bits per heavy atom. The van der Waals surface area contributed by atoms with Gasteiger partial charge in [-0.25, -0.2) is 0 Å². The van der Waals surface area contributed by atoms with Crippen molar-refractivity contribution in [3.63, 3.8) is 0 Å². The van der Waals surface area contributed by atoms with Crippen molar-refractivity contribution in [3.05, 3.63) is 179 Å². The van der Waals surface area contributed by atoms with Crippen LogP contribution in [0.5, 0.6) is 0 Å². The molecule has 0 bridgehead atoms. The molecule has 2 heterocycles. The molecule has 0 amide bonds. The maximum atomic E-state index is 5.19. The fourth-order valence-electron chi connectivity index (χ4n) is 5.42. The number of pyridine rings is 1. The third-order valence-electron chi connectivity index (χ3n) is 7.67. The van der Waals surface area contributed by atoms with Gasteiger partial charge in [-0.15, -0.1) is 0 Å². The number of rotatable bonds is 6. The van der Waals surface area contributed by atoms with Crippen LogP contribution in [0.3, 0.4) is 0 Å². The van der Waals surface area contributed by atoms with Crippen LogP contribution < -0.4 is 5.32 Å². The van der Waals surface area contributed by atoms with Crippen LogP contribution in [0, 0.1) is 0 Å². The predicted molar refractivity (Wildman–Crippen MR) is 182 cm³/mol. The maximum Gasteiger partial charge on any atom is 0.145 e. The molecule has 1 atom stereocenters. The van der Waals surface area contributed by atoms with Crippen molar-refractivity contribution in [2.45, 2.75) is 6.17 Å². The van der Waals surface area contributed by atoms with Crippen LogP contribution in [-0.4, -0.2) is 10.7 Å². The summed E-state index contributed by atoms with van der Waals surface area (Å²) in [5, 5.41) is 3.68. The second kappa shape index (κ2) is 12.0. The molecule has 6 aromatic rings. The van der Waals surface area contributed by atoms with E-state index in [1.54, 1.807) is 6.20 Å². The molecule has 0 spiro atoms. The first-order valence-electron chi connectivity index (χ1n) is 14.3. The molecular formula is C39H28BrN3. The van der Waals surface area contributed by atoms with Gasteiger partial charge in [0.2, 0.25) is 0 Å². The van der Waals surface area contributed by atoms with Gasteiger partial charge in [0.1, 0.15) is 6.17 Å². The SMILES string of the molecule is Brc1cc(C2=NC(c3ccccc3)NC(c3ccc(-c4ccccc4)cc3)=C2)cc(-c2ccc(-c3cccnc3)cc2)c1. The number of allylic oxidation sites excluding steroid dienone is 1. The number of aromatic nitrogens is 1. The Bertz CT molecular complexity index is 1910. The Labute approximate surface area is 260 Å². The number of nitrogens with one attached hydrogen (secondary N) is 1. The van der Waals surface area contributed by atoms with E-state index in [4.69, 9.17) is 4.99 Å². The van der Waals surface area contributed by atoms with E-state index in [2.05, 4.69) is 154 Å². The zero-order valence-electron chi connectivity index (χ0n) is 23.4. The van der Waals surface area contributed by atoms with E-state index < -0.39 is 0 Å². The van der Waals surface area contributed by atoms with E-state index in [1.807, 2.05) is 24.4 Å². The fraction of sp³-hybridized carbons (Fsp3) is 0.0256. The lowest BCUT2D eigenvalue weighted by Gasteiger charge is -2.25. The zero-order valence-corrected chi connectivity index (χ0v) is 24.9. The van der Waals surface area contributed by atoms with E-state index in [0.29, 0.717) is 0 Å². The van der Waals surface area contributed by atoms with Crippen LogP contribution in [0.4, 0.5) is 0 Å². The first-order valence-corrected chi connectivity index (χ1v) is 15.1. The van der Waals surface area contributed by atoms with Crippen molar-refractivity contribution in [2.75, 3.05) is 0 Å². The van der Waals surface area contributed by atoms with Gasteiger partial charge < -0.3 is 5.32 Å². The number of aliphatic imine (C=N–C) groups is 1. The van der Waals surface area contributed by atoms with E-state index >= 15 is 0 Å². The molecule has 1 aliphatic rings. The molecule has 0 saturated carbocycles. The third-order valence-corrected chi connectivity index (χ3v) is 8.12. The van der Waals surface area contributed by atoms with Gasteiger partial charge in [0, 0.05) is 28.1 Å². The van der Waals surface area contributed by atoms with E-state index in [9.17, 15) is 0 Å². The van der Waals surface area contributed by atoms with Crippen molar-refractivity contribution in [2.24, 2.45) is 4.99 Å². The number of nitrogens with zero attached hydrogens (tertiary/aromatic N) is 2. The van der Waals surface area contributed by atoms with E-state index in [-0.39, 0.29) is 6.17 Å². The molecular weight excluding hydrogens is 590 g/mol. The molecule has 1 aromatic heterocycles. The molecule has 7 rings (SSSR count). The van der Waals surface area contributed by atoms with Crippen molar-refractivity contribution in [1.29, 1.82) is 0 Å². The quantitative estimate of drug-likeness (QED) is 0.202. The van der Waals surface area contributed by atoms with Gasteiger partial charge in [0.15, 0.2) is 0 Å². The van der Waals surface area contributed by atoms with Crippen LogP contribution in [0.25, 0.3) is 39.1 Å². The van der Waals surface area contributed by atoms with Crippen LogP contribution in [0.1, 0.15) is 22.9 Å². The summed E-state index contributed by atoms with van der Waals surface area (Å²) in [5.74, 6) is 0. The van der Waals surface area contributed by atoms with Crippen molar-refractivity contribution in [1.82, 2.24) is 10.3 Å². The largest absolute Gasteiger partial charge is 0.360 e. The van der Waals surface area contributed by atoms with Crippen molar-refractivity contribution < 1.29 is 0 Å². The molecule has 0 aliphatic carbocycles. The topological polar surface area (TPSA) is 37.3 Å². The third kappa shape index (κ3) is 5.97. The molecule has 0 fully saturated rings. The van der Waals surface area contributed by atoms with Crippen molar-refractivity contribution in [3.8, 4) is 33.4 Å². The van der Waals surface area contributed by atoms with E-state index in [1.165, 1.54) is 11.1 Å². The summed E-state index contributed by atoms with van der Waals surface area (Å²) < 4.78 is 1.01. The number of hydrogen-bond donors (Lipinski definition) is 1. The molecule has 3 nitrogen and oxygen atoms in total. The summed E-state index contributed by atoms with van der Waals surface area (Å²) in [7, 11) is 0. The normalized spacial score (nSPS) is 14.4. The standard InChI is InChI=1S/C39H28BrN3/c40-36-23-34(30-15-13-29(14-16-30)33-12-7-21-41-26-33)22-35(24-36)38-25-37(42-39(43-38)32-10-5-2-6-11-32)31-19-17-28(18-20-31)27-8-3-1-4-9-27/h1-26,39,42H. The Morgan fingerprint density at radius 1 is 0.512 bits per heavy atom. The second-order valence-corrected chi connectivity index (χ2v) is 11.4. The summed E-state index contributed by atoms with van der Waals surface area (Å²) in [6.07, 6.45) is 5.65. The molecule has 1 N–H and O–H groups in total. The summed E-state index contributed by atoms with van der Waals surface area (Å²) in [4.78, 5) is 9.45. The molecule has 4 heteroatoms. The number of hydrogen-bond acceptors (Lipinski definition) is 3. The highest BCUT2D eigenvalue weighted by atomic mass is 79.9. The first kappa shape index (κ1) is 26.8. The van der Waals surface area contributed by atoms with Gasteiger partial charge in [-0.1, -0.05) is 131 Å². The number of benzene rings is 5. The fourth-order valence-corrected chi connectivity index (χ4v) is 5.91. The van der Waals surface area contributed by atoms with Crippen LogP contribution in [0.15, 0.2) is 167 Å². The summed E-state index contributed by atoms with van der Waals surface area (Å²) in [6, 6.07) is 48.8. The molecule has 1 aliphatic heterocycles. The Balaban J connectivity index is 1.25. The van der Waals surface area contributed by atoms with Gasteiger partial charge in [0.25, 0.3) is 0 Å². The highest BCUT2D eigenvalue weighted by Crippen LogP contribution is 2.32. The Kier molecular flexibility index (Phi) is 7.51. The van der Waals surface area contributed by atoms with Gasteiger partial charge >= 0.3 is 0 Å². The summed E-state index contributed by atoms with van der Waals surface area (Å²) in [6.45, 7) is 0. The highest BCUT2D eigenvalue weighted by molar-refractivity contribution is 9.10. The van der Waals surface area contributed by atoms with Crippen molar-refractivity contribution >= 4 is 27.3 Å². The average Bonchev–Trinajstić information content (AvgIpc) is 3.09. The minimum Gasteiger partial charge on any atom is -0.360 e. The maximum absolute atomic E-state index is 5.19. The first-order chi connectivity index (χ1) is 21.2. The van der Waals surface area contributed by atoms with Crippen LogP contribution in [0.2, 0.25) is 0 Å². The number of halogens is 1. The van der Waals surface area contributed by atoms with Crippen LogP contribution in [-0.2, 0) is 0 Å². The van der Waals surface area contributed by atoms with Gasteiger partial charge in [-0.3, -0.25) is 9.98 Å². The van der Waals surface area contributed by atoms with E-state index in [0.717, 1.165) is 54.8 Å².